The molecular weight excluding hydrogens is 366 g/mol. The van der Waals surface area contributed by atoms with Crippen LogP contribution in [-0.4, -0.2) is 46.8 Å². The molecule has 1 aliphatic heterocycles. The second-order valence-corrected chi connectivity index (χ2v) is 6.27. The molecule has 1 amide bonds. The van der Waals surface area contributed by atoms with Gasteiger partial charge in [-0.2, -0.15) is 0 Å². The monoisotopic (exact) mass is 387 g/mol. The number of amides is 1. The van der Waals surface area contributed by atoms with Gasteiger partial charge < -0.3 is 4.90 Å². The fraction of sp³-hybridized carbons (Fsp3) is 0.250. The summed E-state index contributed by atoms with van der Waals surface area (Å²) in [6, 6.07) is 16.5. The van der Waals surface area contributed by atoms with Gasteiger partial charge in [0, 0.05) is 50.9 Å². The minimum Gasteiger partial charge on any atom is -0.337 e. The first-order chi connectivity index (χ1) is 12.6. The Labute approximate surface area is 164 Å². The molecule has 0 aromatic heterocycles. The first-order valence-corrected chi connectivity index (χ1v) is 8.59. The standard InChI is InChI=1S/C20H21N3O3.ClH/c24-20(11-8-17-6-9-19(10-7-17)23(25)26)22-14-12-21(13-15-22)16-18-4-2-1-3-5-18;/h1-11H,12-16H2;1H/b11-8+;. The number of nitro groups is 1. The van der Waals surface area contributed by atoms with Crippen LogP contribution in [0, 0.1) is 10.1 Å². The van der Waals surface area contributed by atoms with Gasteiger partial charge in [0.2, 0.25) is 5.91 Å². The third-order valence-electron chi connectivity index (χ3n) is 4.46. The second-order valence-electron chi connectivity index (χ2n) is 6.27. The van der Waals surface area contributed by atoms with Crippen molar-refractivity contribution in [3.05, 3.63) is 81.9 Å². The molecule has 3 rings (SSSR count). The highest BCUT2D eigenvalue weighted by molar-refractivity contribution is 5.91. The summed E-state index contributed by atoms with van der Waals surface area (Å²) in [7, 11) is 0. The number of carbonyl (C=O) groups excluding carboxylic acids is 1. The van der Waals surface area contributed by atoms with E-state index in [-0.39, 0.29) is 24.0 Å². The average Bonchev–Trinajstić information content (AvgIpc) is 2.68. The van der Waals surface area contributed by atoms with Crippen molar-refractivity contribution in [2.75, 3.05) is 26.2 Å². The molecule has 0 saturated carbocycles. The Bertz CT molecular complexity index is 786. The fourth-order valence-corrected chi connectivity index (χ4v) is 2.95. The molecule has 0 aliphatic carbocycles. The van der Waals surface area contributed by atoms with E-state index in [4.69, 9.17) is 0 Å². The van der Waals surface area contributed by atoms with Crippen LogP contribution in [0.25, 0.3) is 6.08 Å². The van der Waals surface area contributed by atoms with Gasteiger partial charge in [0.25, 0.3) is 5.69 Å². The van der Waals surface area contributed by atoms with Crippen LogP contribution in [0.4, 0.5) is 5.69 Å². The van der Waals surface area contributed by atoms with Gasteiger partial charge in [-0.25, -0.2) is 0 Å². The Morgan fingerprint density at radius 1 is 1.00 bits per heavy atom. The molecule has 6 nitrogen and oxygen atoms in total. The zero-order valence-electron chi connectivity index (χ0n) is 14.9. The van der Waals surface area contributed by atoms with Crippen molar-refractivity contribution in [3.63, 3.8) is 0 Å². The van der Waals surface area contributed by atoms with Crippen molar-refractivity contribution in [1.82, 2.24) is 9.80 Å². The van der Waals surface area contributed by atoms with Crippen LogP contribution in [0.2, 0.25) is 0 Å². The summed E-state index contributed by atoms with van der Waals surface area (Å²) in [6.45, 7) is 4.02. The molecule has 1 fully saturated rings. The number of hydrogen-bond acceptors (Lipinski definition) is 4. The minimum absolute atomic E-state index is 0. The lowest BCUT2D eigenvalue weighted by atomic mass is 10.2. The lowest BCUT2D eigenvalue weighted by Gasteiger charge is -2.34. The highest BCUT2D eigenvalue weighted by atomic mass is 35.5. The number of benzene rings is 2. The van der Waals surface area contributed by atoms with Gasteiger partial charge in [-0.15, -0.1) is 12.4 Å². The van der Waals surface area contributed by atoms with Crippen molar-refractivity contribution < 1.29 is 9.72 Å². The number of piperazine rings is 1. The topological polar surface area (TPSA) is 66.7 Å². The van der Waals surface area contributed by atoms with E-state index >= 15 is 0 Å². The van der Waals surface area contributed by atoms with Crippen molar-refractivity contribution in [2.24, 2.45) is 0 Å². The first-order valence-electron chi connectivity index (χ1n) is 8.59. The minimum atomic E-state index is -0.437. The Kier molecular flexibility index (Phi) is 7.52. The summed E-state index contributed by atoms with van der Waals surface area (Å²) in [5.41, 5.74) is 2.10. The van der Waals surface area contributed by atoms with Gasteiger partial charge in [-0.3, -0.25) is 19.8 Å². The molecule has 142 valence electrons. The van der Waals surface area contributed by atoms with E-state index in [1.54, 1.807) is 18.2 Å². The van der Waals surface area contributed by atoms with Crippen LogP contribution in [0.3, 0.4) is 0 Å². The predicted molar refractivity (Wildman–Crippen MR) is 108 cm³/mol. The van der Waals surface area contributed by atoms with E-state index in [1.165, 1.54) is 23.8 Å². The molecular formula is C20H22ClN3O3. The van der Waals surface area contributed by atoms with E-state index in [0.717, 1.165) is 25.2 Å². The van der Waals surface area contributed by atoms with E-state index in [1.807, 2.05) is 23.1 Å². The van der Waals surface area contributed by atoms with E-state index in [9.17, 15) is 14.9 Å². The maximum atomic E-state index is 12.3. The van der Waals surface area contributed by atoms with Crippen molar-refractivity contribution >= 4 is 30.1 Å². The summed E-state index contributed by atoms with van der Waals surface area (Å²) in [5, 5.41) is 10.6. The Balaban J connectivity index is 0.00000261. The van der Waals surface area contributed by atoms with E-state index in [2.05, 4.69) is 17.0 Å². The van der Waals surface area contributed by atoms with Crippen LogP contribution in [0.1, 0.15) is 11.1 Å². The Morgan fingerprint density at radius 2 is 1.63 bits per heavy atom. The molecule has 1 heterocycles. The molecule has 1 aliphatic rings. The smallest absolute Gasteiger partial charge is 0.269 e. The van der Waals surface area contributed by atoms with Crippen molar-refractivity contribution in [3.8, 4) is 0 Å². The molecule has 0 spiro atoms. The largest absolute Gasteiger partial charge is 0.337 e. The Hall–Kier alpha value is -2.70. The molecule has 0 N–H and O–H groups in total. The highest BCUT2D eigenvalue weighted by Gasteiger charge is 2.19. The lowest BCUT2D eigenvalue weighted by molar-refractivity contribution is -0.384. The number of hydrogen-bond donors (Lipinski definition) is 0. The number of nitro benzene ring substituents is 1. The number of carbonyl (C=O) groups is 1. The van der Waals surface area contributed by atoms with Crippen LogP contribution in [0.5, 0.6) is 0 Å². The molecule has 2 aromatic rings. The maximum Gasteiger partial charge on any atom is 0.269 e. The van der Waals surface area contributed by atoms with E-state index in [0.29, 0.717) is 13.1 Å². The van der Waals surface area contributed by atoms with Crippen molar-refractivity contribution in [2.45, 2.75) is 6.54 Å². The predicted octanol–water partition coefficient (Wildman–Crippen LogP) is 3.37. The zero-order valence-corrected chi connectivity index (χ0v) is 15.7. The fourth-order valence-electron chi connectivity index (χ4n) is 2.95. The van der Waals surface area contributed by atoms with Crippen LogP contribution < -0.4 is 0 Å². The van der Waals surface area contributed by atoms with Gasteiger partial charge in [0.1, 0.15) is 0 Å². The van der Waals surface area contributed by atoms with Gasteiger partial charge >= 0.3 is 0 Å². The highest BCUT2D eigenvalue weighted by Crippen LogP contribution is 2.13. The van der Waals surface area contributed by atoms with Crippen molar-refractivity contribution in [1.29, 1.82) is 0 Å². The molecule has 1 saturated heterocycles. The average molecular weight is 388 g/mol. The maximum absolute atomic E-state index is 12.3. The number of nitrogens with zero attached hydrogens (tertiary/aromatic N) is 3. The third kappa shape index (κ3) is 5.91. The lowest BCUT2D eigenvalue weighted by Crippen LogP contribution is -2.47. The molecule has 0 bridgehead atoms. The van der Waals surface area contributed by atoms with Crippen LogP contribution >= 0.6 is 12.4 Å². The number of rotatable bonds is 5. The first kappa shape index (κ1) is 20.6. The summed E-state index contributed by atoms with van der Waals surface area (Å²) in [4.78, 5) is 26.7. The SMILES string of the molecule is Cl.O=C(/C=C/c1ccc([N+](=O)[O-])cc1)N1CCN(Cc2ccccc2)CC1. The zero-order chi connectivity index (χ0) is 18.4. The van der Waals surface area contributed by atoms with Gasteiger partial charge in [0.05, 0.1) is 4.92 Å². The molecule has 0 radical (unpaired) electrons. The molecule has 2 aromatic carbocycles. The summed E-state index contributed by atoms with van der Waals surface area (Å²) < 4.78 is 0. The van der Waals surface area contributed by atoms with Gasteiger partial charge in [0.15, 0.2) is 0 Å². The Morgan fingerprint density at radius 3 is 2.22 bits per heavy atom. The molecule has 27 heavy (non-hydrogen) atoms. The quantitative estimate of drug-likeness (QED) is 0.448. The normalized spacial score (nSPS) is 14.7. The molecule has 0 unspecified atom stereocenters. The van der Waals surface area contributed by atoms with E-state index < -0.39 is 4.92 Å². The molecule has 7 heteroatoms. The number of non-ortho nitro benzene ring substituents is 1. The van der Waals surface area contributed by atoms with Crippen LogP contribution in [0.15, 0.2) is 60.7 Å². The summed E-state index contributed by atoms with van der Waals surface area (Å²) in [5.74, 6) is -0.0253. The van der Waals surface area contributed by atoms with Crippen LogP contribution in [-0.2, 0) is 11.3 Å². The molecule has 0 atom stereocenters. The second kappa shape index (κ2) is 9.85. The van der Waals surface area contributed by atoms with Gasteiger partial charge in [-0.1, -0.05) is 30.3 Å². The third-order valence-corrected chi connectivity index (χ3v) is 4.46. The number of halogens is 1. The summed E-state index contributed by atoms with van der Waals surface area (Å²) in [6.07, 6.45) is 3.23. The van der Waals surface area contributed by atoms with Gasteiger partial charge in [-0.05, 0) is 29.3 Å². The summed E-state index contributed by atoms with van der Waals surface area (Å²) >= 11 is 0.